The number of aromatic nitrogens is 1. The van der Waals surface area contributed by atoms with Gasteiger partial charge in [-0.3, -0.25) is 0 Å². The van der Waals surface area contributed by atoms with Crippen molar-refractivity contribution in [1.82, 2.24) is 4.98 Å². The molecule has 1 rings (SSSR count). The summed E-state index contributed by atoms with van der Waals surface area (Å²) in [6.45, 7) is 0. The van der Waals surface area contributed by atoms with Crippen LogP contribution in [0.2, 0.25) is 0 Å². The lowest BCUT2D eigenvalue weighted by molar-refractivity contribution is -0.275. The molecule has 0 aliphatic heterocycles. The van der Waals surface area contributed by atoms with Gasteiger partial charge in [0.2, 0.25) is 0 Å². The summed E-state index contributed by atoms with van der Waals surface area (Å²) in [6, 6.07) is 0. The van der Waals surface area contributed by atoms with Crippen molar-refractivity contribution in [3.05, 3.63) is 15.5 Å². The molecule has 90 valence electrons. The summed E-state index contributed by atoms with van der Waals surface area (Å²) in [5.74, 6) is -0.689. The molecule has 0 saturated carbocycles. The largest absolute Gasteiger partial charge is 0.573 e. The Hall–Kier alpha value is -0.440. The van der Waals surface area contributed by atoms with Crippen molar-refractivity contribution < 1.29 is 22.6 Å². The van der Waals surface area contributed by atoms with Gasteiger partial charge >= 0.3 is 6.36 Å². The number of halogens is 5. The van der Waals surface area contributed by atoms with E-state index in [9.17, 15) is 13.2 Å². The monoisotopic (exact) mass is 367 g/mol. The summed E-state index contributed by atoms with van der Waals surface area (Å²) < 4.78 is 45.4. The van der Waals surface area contributed by atoms with Gasteiger partial charge in [-0.15, -0.1) is 24.8 Å². The van der Waals surface area contributed by atoms with Gasteiger partial charge in [0.15, 0.2) is 11.5 Å². The van der Waals surface area contributed by atoms with Crippen LogP contribution in [0.1, 0.15) is 5.56 Å². The topological polar surface area (TPSA) is 31.4 Å². The Morgan fingerprint density at radius 3 is 2.56 bits per heavy atom. The Kier molecular flexibility index (Phi) is 4.48. The van der Waals surface area contributed by atoms with Gasteiger partial charge in [0.05, 0.1) is 19.2 Å². The fourth-order valence-electron chi connectivity index (χ4n) is 0.983. The molecule has 0 N–H and O–H groups in total. The molecule has 1 aromatic heterocycles. The summed E-state index contributed by atoms with van der Waals surface area (Å²) in [4.78, 5) is 3.84. The molecule has 1 heterocycles. The van der Waals surface area contributed by atoms with Crippen LogP contribution in [0.15, 0.2) is 6.20 Å². The molecule has 0 aliphatic rings. The third-order valence-corrected chi connectivity index (χ3v) is 2.81. The number of ether oxygens (including phenoxy) is 2. The minimum absolute atomic E-state index is 0.103. The van der Waals surface area contributed by atoms with E-state index in [4.69, 9.17) is 16.3 Å². The van der Waals surface area contributed by atoms with Crippen LogP contribution in [0.5, 0.6) is 11.5 Å². The van der Waals surface area contributed by atoms with E-state index in [1.807, 2.05) is 0 Å². The van der Waals surface area contributed by atoms with E-state index in [0.29, 0.717) is 3.70 Å². The zero-order valence-electron chi connectivity index (χ0n) is 7.94. The van der Waals surface area contributed by atoms with Gasteiger partial charge in [0.1, 0.15) is 3.70 Å². The summed E-state index contributed by atoms with van der Waals surface area (Å²) in [6.07, 6.45) is -3.64. The van der Waals surface area contributed by atoms with E-state index in [2.05, 4.69) is 9.72 Å². The van der Waals surface area contributed by atoms with Gasteiger partial charge < -0.3 is 9.47 Å². The standard InChI is InChI=1S/C8H6ClF3INO2/c1-15-5-3-14-7(13)4(2-9)6(5)16-8(10,11)12/h3H,2H2,1H3. The third-order valence-electron chi connectivity index (χ3n) is 1.61. The van der Waals surface area contributed by atoms with Crippen LogP contribution >= 0.6 is 34.2 Å². The first-order chi connectivity index (χ1) is 7.39. The smallest absolute Gasteiger partial charge is 0.491 e. The maximum absolute atomic E-state index is 12.2. The van der Waals surface area contributed by atoms with Gasteiger partial charge in [-0.1, -0.05) is 0 Å². The second-order valence-electron chi connectivity index (χ2n) is 2.61. The first-order valence-electron chi connectivity index (χ1n) is 3.92. The third kappa shape index (κ3) is 3.27. The molecule has 0 amide bonds. The number of hydrogen-bond acceptors (Lipinski definition) is 3. The number of nitrogens with zero attached hydrogens (tertiary/aromatic N) is 1. The minimum atomic E-state index is -4.79. The van der Waals surface area contributed by atoms with Crippen molar-refractivity contribution >= 4 is 34.2 Å². The number of rotatable bonds is 3. The molecule has 0 unspecified atom stereocenters. The predicted octanol–water partition coefficient (Wildman–Crippen LogP) is 3.33. The first kappa shape index (κ1) is 13.6. The zero-order chi connectivity index (χ0) is 12.3. The van der Waals surface area contributed by atoms with Gasteiger partial charge in [0, 0.05) is 5.56 Å². The van der Waals surface area contributed by atoms with Crippen LogP contribution in [0.25, 0.3) is 0 Å². The molecular weight excluding hydrogens is 361 g/mol. The van der Waals surface area contributed by atoms with E-state index >= 15 is 0 Å². The Bertz CT molecular complexity index is 386. The first-order valence-corrected chi connectivity index (χ1v) is 5.53. The quantitative estimate of drug-likeness (QED) is 0.467. The normalized spacial score (nSPS) is 11.4. The number of alkyl halides is 4. The van der Waals surface area contributed by atoms with E-state index < -0.39 is 12.1 Å². The van der Waals surface area contributed by atoms with Gasteiger partial charge in [-0.2, -0.15) is 0 Å². The fraction of sp³-hybridized carbons (Fsp3) is 0.375. The molecule has 0 radical (unpaired) electrons. The molecular formula is C8H6ClF3INO2. The Morgan fingerprint density at radius 2 is 2.12 bits per heavy atom. The van der Waals surface area contributed by atoms with Crippen molar-refractivity contribution in [2.24, 2.45) is 0 Å². The van der Waals surface area contributed by atoms with E-state index in [0.717, 1.165) is 6.20 Å². The molecule has 0 bridgehead atoms. The Morgan fingerprint density at radius 1 is 1.50 bits per heavy atom. The molecule has 0 atom stereocenters. The average molecular weight is 367 g/mol. The Labute approximate surface area is 108 Å². The van der Waals surface area contributed by atoms with Crippen LogP contribution in [0.4, 0.5) is 13.2 Å². The highest BCUT2D eigenvalue weighted by Gasteiger charge is 2.34. The molecule has 3 nitrogen and oxygen atoms in total. The predicted molar refractivity (Wildman–Crippen MR) is 59.7 cm³/mol. The average Bonchev–Trinajstić information content (AvgIpc) is 2.16. The van der Waals surface area contributed by atoms with Crippen LogP contribution in [-0.4, -0.2) is 18.5 Å². The maximum Gasteiger partial charge on any atom is 0.573 e. The highest BCUT2D eigenvalue weighted by molar-refractivity contribution is 14.1. The number of methoxy groups -OCH3 is 1. The van der Waals surface area contributed by atoms with Crippen molar-refractivity contribution in [1.29, 1.82) is 0 Å². The summed E-state index contributed by atoms with van der Waals surface area (Å²) in [5, 5.41) is 0. The second-order valence-corrected chi connectivity index (χ2v) is 3.90. The van der Waals surface area contributed by atoms with Gasteiger partial charge in [-0.25, -0.2) is 4.98 Å². The Balaban J connectivity index is 3.25. The molecule has 0 saturated heterocycles. The molecule has 0 fully saturated rings. The lowest BCUT2D eigenvalue weighted by atomic mass is 10.3. The van der Waals surface area contributed by atoms with Gasteiger partial charge in [0.25, 0.3) is 0 Å². The lowest BCUT2D eigenvalue weighted by Gasteiger charge is -2.15. The SMILES string of the molecule is COc1cnc(I)c(CCl)c1OC(F)(F)F. The summed E-state index contributed by atoms with van der Waals surface area (Å²) in [7, 11) is 1.23. The molecule has 0 aromatic carbocycles. The highest BCUT2D eigenvalue weighted by atomic mass is 127. The van der Waals surface area contributed by atoms with Crippen LogP contribution < -0.4 is 9.47 Å². The maximum atomic E-state index is 12.2. The van der Waals surface area contributed by atoms with Crippen LogP contribution in [0.3, 0.4) is 0 Å². The van der Waals surface area contributed by atoms with E-state index in [1.54, 1.807) is 22.6 Å². The fourth-order valence-corrected chi connectivity index (χ4v) is 2.03. The van der Waals surface area contributed by atoms with Crippen LogP contribution in [0, 0.1) is 3.70 Å². The molecule has 8 heteroatoms. The van der Waals surface area contributed by atoms with E-state index in [1.165, 1.54) is 7.11 Å². The second kappa shape index (κ2) is 5.26. The van der Waals surface area contributed by atoms with Crippen LogP contribution in [-0.2, 0) is 5.88 Å². The van der Waals surface area contributed by atoms with Gasteiger partial charge in [-0.05, 0) is 22.6 Å². The summed E-state index contributed by atoms with van der Waals surface area (Å²) >= 11 is 7.32. The number of pyridine rings is 1. The minimum Gasteiger partial charge on any atom is -0.491 e. The molecule has 0 spiro atoms. The van der Waals surface area contributed by atoms with Crippen molar-refractivity contribution in [2.45, 2.75) is 12.2 Å². The zero-order valence-corrected chi connectivity index (χ0v) is 10.9. The van der Waals surface area contributed by atoms with E-state index in [-0.39, 0.29) is 17.2 Å². The molecule has 1 aromatic rings. The lowest BCUT2D eigenvalue weighted by Crippen LogP contribution is -2.19. The molecule has 16 heavy (non-hydrogen) atoms. The summed E-state index contributed by atoms with van der Waals surface area (Å²) in [5.41, 5.74) is 0.152. The van der Waals surface area contributed by atoms with Crippen molar-refractivity contribution in [3.63, 3.8) is 0 Å². The highest BCUT2D eigenvalue weighted by Crippen LogP contribution is 2.37. The molecule has 0 aliphatic carbocycles. The van der Waals surface area contributed by atoms with Crippen molar-refractivity contribution in [3.8, 4) is 11.5 Å². The number of hydrogen-bond donors (Lipinski definition) is 0. The van der Waals surface area contributed by atoms with Crippen molar-refractivity contribution in [2.75, 3.05) is 7.11 Å².